The molecule has 0 fully saturated rings. The van der Waals surface area contributed by atoms with Crippen LogP contribution in [0.5, 0.6) is 5.75 Å². The van der Waals surface area contributed by atoms with Gasteiger partial charge in [-0.15, -0.1) is 5.10 Å². The van der Waals surface area contributed by atoms with E-state index in [-0.39, 0.29) is 11.5 Å². The van der Waals surface area contributed by atoms with E-state index in [1.54, 1.807) is 32.9 Å². The summed E-state index contributed by atoms with van der Waals surface area (Å²) in [5.41, 5.74) is 2.53. The Bertz CT molecular complexity index is 1030. The fraction of sp³-hybridized carbons (Fsp3) is 0.278. The van der Waals surface area contributed by atoms with Crippen molar-refractivity contribution >= 4 is 23.5 Å². The maximum absolute atomic E-state index is 12.9. The number of ketones is 1. The first kappa shape index (κ1) is 19.6. The van der Waals surface area contributed by atoms with Gasteiger partial charge in [0, 0.05) is 5.69 Å². The number of thioether (sulfide) groups is 1. The predicted octanol–water partition coefficient (Wildman–Crippen LogP) is 2.46. The summed E-state index contributed by atoms with van der Waals surface area (Å²) in [5.74, 6) is -0.531. The summed E-state index contributed by atoms with van der Waals surface area (Å²) in [6, 6.07) is 6.39. The number of ether oxygens (including phenoxy) is 1. The SMILES string of the molecule is COC(=O)c1c(C)[nH]c(C(=O)[C@H](C)Sc2nnnn2-c2ccc(O)cc2)c1C. The van der Waals surface area contributed by atoms with Gasteiger partial charge in [0.05, 0.1) is 29.3 Å². The van der Waals surface area contributed by atoms with E-state index in [4.69, 9.17) is 4.74 Å². The number of aromatic hydroxyl groups is 1. The Morgan fingerprint density at radius 1 is 1.25 bits per heavy atom. The summed E-state index contributed by atoms with van der Waals surface area (Å²) in [4.78, 5) is 27.9. The number of H-pyrrole nitrogens is 1. The van der Waals surface area contributed by atoms with Crippen LogP contribution >= 0.6 is 11.8 Å². The molecular weight excluding hydrogens is 382 g/mol. The fourth-order valence-electron chi connectivity index (χ4n) is 2.83. The molecular formula is C18H19N5O4S. The summed E-state index contributed by atoms with van der Waals surface area (Å²) in [6.45, 7) is 5.18. The van der Waals surface area contributed by atoms with Crippen molar-refractivity contribution in [2.45, 2.75) is 31.2 Å². The molecule has 0 aliphatic carbocycles. The number of aromatic amines is 1. The number of Topliss-reactive ketones (excluding diaryl/α,β-unsaturated/α-hetero) is 1. The Hall–Kier alpha value is -3.14. The molecule has 2 heterocycles. The summed E-state index contributed by atoms with van der Waals surface area (Å²) in [5, 5.41) is 21.0. The third-order valence-electron chi connectivity index (χ3n) is 4.26. The zero-order valence-electron chi connectivity index (χ0n) is 15.8. The van der Waals surface area contributed by atoms with Gasteiger partial charge in [0.2, 0.25) is 5.16 Å². The van der Waals surface area contributed by atoms with Crippen molar-refractivity contribution in [1.82, 2.24) is 25.2 Å². The van der Waals surface area contributed by atoms with Crippen molar-refractivity contribution in [3.63, 3.8) is 0 Å². The van der Waals surface area contributed by atoms with Crippen LogP contribution in [0.1, 0.15) is 39.0 Å². The van der Waals surface area contributed by atoms with E-state index in [0.717, 1.165) is 0 Å². The highest BCUT2D eigenvalue weighted by molar-refractivity contribution is 8.00. The number of aryl methyl sites for hydroxylation is 1. The molecule has 0 saturated heterocycles. The molecule has 0 radical (unpaired) electrons. The zero-order chi connectivity index (χ0) is 20.4. The van der Waals surface area contributed by atoms with Crippen molar-refractivity contribution in [3.05, 3.63) is 46.8 Å². The Labute approximate surface area is 165 Å². The number of tetrazole rings is 1. The maximum atomic E-state index is 12.9. The Balaban J connectivity index is 1.84. The van der Waals surface area contributed by atoms with Crippen molar-refractivity contribution in [2.24, 2.45) is 0 Å². The number of carbonyl (C=O) groups is 2. The van der Waals surface area contributed by atoms with Crippen LogP contribution in [-0.4, -0.2) is 54.4 Å². The largest absolute Gasteiger partial charge is 0.508 e. The van der Waals surface area contributed by atoms with E-state index < -0.39 is 11.2 Å². The molecule has 0 saturated carbocycles. The Kier molecular flexibility index (Phi) is 5.50. The van der Waals surface area contributed by atoms with Crippen molar-refractivity contribution in [2.75, 3.05) is 7.11 Å². The van der Waals surface area contributed by atoms with Crippen LogP contribution in [0.15, 0.2) is 29.4 Å². The van der Waals surface area contributed by atoms with Crippen LogP contribution < -0.4 is 0 Å². The molecule has 0 aliphatic rings. The van der Waals surface area contributed by atoms with E-state index in [2.05, 4.69) is 20.5 Å². The summed E-state index contributed by atoms with van der Waals surface area (Å²) in [6.07, 6.45) is 0. The van der Waals surface area contributed by atoms with Gasteiger partial charge in [0.15, 0.2) is 5.78 Å². The van der Waals surface area contributed by atoms with E-state index >= 15 is 0 Å². The molecule has 2 N–H and O–H groups in total. The Morgan fingerprint density at radius 2 is 1.93 bits per heavy atom. The first-order valence-corrected chi connectivity index (χ1v) is 9.27. The number of aromatic nitrogens is 5. The second-order valence-corrected chi connectivity index (χ2v) is 7.44. The quantitative estimate of drug-likeness (QED) is 0.367. The topological polar surface area (TPSA) is 123 Å². The summed E-state index contributed by atoms with van der Waals surface area (Å²) < 4.78 is 6.27. The molecule has 0 bridgehead atoms. The third kappa shape index (κ3) is 3.63. The maximum Gasteiger partial charge on any atom is 0.339 e. The highest BCUT2D eigenvalue weighted by Crippen LogP contribution is 2.28. The van der Waals surface area contributed by atoms with Crippen LogP contribution in [0.25, 0.3) is 5.69 Å². The van der Waals surface area contributed by atoms with Gasteiger partial charge in [0.25, 0.3) is 0 Å². The summed E-state index contributed by atoms with van der Waals surface area (Å²) in [7, 11) is 1.30. The number of esters is 1. The third-order valence-corrected chi connectivity index (χ3v) is 5.29. The van der Waals surface area contributed by atoms with Crippen LogP contribution in [0, 0.1) is 13.8 Å². The van der Waals surface area contributed by atoms with Gasteiger partial charge in [-0.3, -0.25) is 4.79 Å². The lowest BCUT2D eigenvalue weighted by Crippen LogP contribution is -2.16. The number of phenols is 1. The zero-order valence-corrected chi connectivity index (χ0v) is 16.6. The van der Waals surface area contributed by atoms with Crippen LogP contribution in [0.2, 0.25) is 0 Å². The molecule has 1 atom stereocenters. The van der Waals surface area contributed by atoms with E-state index in [9.17, 15) is 14.7 Å². The van der Waals surface area contributed by atoms with Crippen LogP contribution in [0.4, 0.5) is 0 Å². The van der Waals surface area contributed by atoms with Gasteiger partial charge >= 0.3 is 5.97 Å². The molecule has 10 heteroatoms. The average Bonchev–Trinajstić information content (AvgIpc) is 3.25. The second-order valence-electron chi connectivity index (χ2n) is 6.13. The number of carbonyl (C=O) groups excluding carboxylic acids is 2. The highest BCUT2D eigenvalue weighted by atomic mass is 32.2. The van der Waals surface area contributed by atoms with Gasteiger partial charge in [-0.25, -0.2) is 4.79 Å². The van der Waals surface area contributed by atoms with Gasteiger partial charge in [-0.05, 0) is 61.0 Å². The number of hydrogen-bond acceptors (Lipinski definition) is 8. The first-order valence-electron chi connectivity index (χ1n) is 8.39. The normalized spacial score (nSPS) is 12.0. The average molecular weight is 401 g/mol. The molecule has 146 valence electrons. The molecule has 1 aromatic carbocycles. The van der Waals surface area contributed by atoms with Crippen molar-refractivity contribution in [3.8, 4) is 11.4 Å². The molecule has 2 aromatic heterocycles. The monoisotopic (exact) mass is 401 g/mol. The lowest BCUT2D eigenvalue weighted by atomic mass is 10.1. The smallest absolute Gasteiger partial charge is 0.339 e. The number of methoxy groups -OCH3 is 1. The van der Waals surface area contributed by atoms with E-state index in [1.165, 1.54) is 35.7 Å². The number of rotatable bonds is 6. The minimum absolute atomic E-state index is 0.133. The lowest BCUT2D eigenvalue weighted by molar-refractivity contribution is 0.0599. The number of benzene rings is 1. The number of hydrogen-bond donors (Lipinski definition) is 2. The van der Waals surface area contributed by atoms with Crippen molar-refractivity contribution in [1.29, 1.82) is 0 Å². The standard InChI is InChI=1S/C18H19N5O4S/c1-9-14(17(26)27-4)10(2)19-15(9)16(25)11(3)28-18-20-21-22-23(18)12-5-7-13(24)8-6-12/h5-8,11,19,24H,1-4H3/t11-/m0/s1. The fourth-order valence-corrected chi connectivity index (χ4v) is 3.69. The number of phenolic OH excluding ortho intramolecular Hbond substituents is 1. The van der Waals surface area contributed by atoms with Crippen LogP contribution in [0.3, 0.4) is 0 Å². The molecule has 9 nitrogen and oxygen atoms in total. The minimum Gasteiger partial charge on any atom is -0.508 e. The van der Waals surface area contributed by atoms with Gasteiger partial charge in [-0.1, -0.05) is 11.8 Å². The molecule has 0 spiro atoms. The molecule has 0 unspecified atom stereocenters. The van der Waals surface area contributed by atoms with Crippen LogP contribution in [-0.2, 0) is 4.74 Å². The Morgan fingerprint density at radius 3 is 2.57 bits per heavy atom. The second kappa shape index (κ2) is 7.85. The van der Waals surface area contributed by atoms with Gasteiger partial charge in [-0.2, -0.15) is 4.68 Å². The first-order chi connectivity index (χ1) is 13.3. The van der Waals surface area contributed by atoms with E-state index in [1.807, 2.05) is 0 Å². The molecule has 3 aromatic rings. The summed E-state index contributed by atoms with van der Waals surface area (Å²) >= 11 is 1.20. The number of nitrogens with zero attached hydrogens (tertiary/aromatic N) is 4. The molecule has 3 rings (SSSR count). The molecule has 0 aliphatic heterocycles. The predicted molar refractivity (Wildman–Crippen MR) is 102 cm³/mol. The molecule has 0 amide bonds. The number of nitrogens with one attached hydrogen (secondary N) is 1. The highest BCUT2D eigenvalue weighted by Gasteiger charge is 2.27. The van der Waals surface area contributed by atoms with E-state index in [0.29, 0.717) is 33.4 Å². The van der Waals surface area contributed by atoms with Crippen molar-refractivity contribution < 1.29 is 19.4 Å². The van der Waals surface area contributed by atoms with Gasteiger partial charge < -0.3 is 14.8 Å². The van der Waals surface area contributed by atoms with Gasteiger partial charge in [0.1, 0.15) is 5.75 Å². The lowest BCUT2D eigenvalue weighted by Gasteiger charge is -2.10. The minimum atomic E-state index is -0.510. The molecule has 28 heavy (non-hydrogen) atoms.